The summed E-state index contributed by atoms with van der Waals surface area (Å²) >= 11 is 0. The van der Waals surface area contributed by atoms with E-state index in [1.54, 1.807) is 13.4 Å². The van der Waals surface area contributed by atoms with E-state index >= 15 is 0 Å². The molecule has 0 radical (unpaired) electrons. The van der Waals surface area contributed by atoms with Crippen molar-refractivity contribution in [2.45, 2.75) is 51.7 Å². The standard InChI is InChI=1S/C28H31N5O2/c1-19(2)22-8-10-23(11-9-22)28(34)14-5-15-33-27(28)30-26(31-33)13-7-21-6-12-24(25(16-21)35-4)32-17-20(3)29-18-32/h6-13,16-19,34H,5,14-15H2,1-4H3. The highest BCUT2D eigenvalue weighted by atomic mass is 16.5. The fourth-order valence-corrected chi connectivity index (χ4v) is 4.64. The predicted octanol–water partition coefficient (Wildman–Crippen LogP) is 5.10. The number of aliphatic hydroxyl groups is 1. The summed E-state index contributed by atoms with van der Waals surface area (Å²) in [5, 5.41) is 16.3. The Hall–Kier alpha value is -3.71. The summed E-state index contributed by atoms with van der Waals surface area (Å²) < 4.78 is 9.40. The molecule has 7 nitrogen and oxygen atoms in total. The Morgan fingerprint density at radius 3 is 2.60 bits per heavy atom. The molecular formula is C28H31N5O2. The Morgan fingerprint density at radius 1 is 1.11 bits per heavy atom. The van der Waals surface area contributed by atoms with Crippen LogP contribution >= 0.6 is 0 Å². The van der Waals surface area contributed by atoms with Crippen molar-refractivity contribution in [2.24, 2.45) is 0 Å². The van der Waals surface area contributed by atoms with Crippen LogP contribution in [0.2, 0.25) is 0 Å². The molecule has 0 spiro atoms. The number of aryl methyl sites for hydroxylation is 2. The second kappa shape index (κ2) is 9.15. The zero-order chi connectivity index (χ0) is 24.6. The summed E-state index contributed by atoms with van der Waals surface area (Å²) in [6.07, 6.45) is 9.05. The van der Waals surface area contributed by atoms with Gasteiger partial charge in [-0.3, -0.25) is 0 Å². The Labute approximate surface area is 205 Å². The van der Waals surface area contributed by atoms with E-state index in [1.807, 2.05) is 64.9 Å². The number of hydrogen-bond donors (Lipinski definition) is 1. The maximum atomic E-state index is 11.7. The highest BCUT2D eigenvalue weighted by Gasteiger charge is 2.39. The topological polar surface area (TPSA) is 78.0 Å². The second-order valence-electron chi connectivity index (χ2n) is 9.44. The smallest absolute Gasteiger partial charge is 0.174 e. The van der Waals surface area contributed by atoms with Gasteiger partial charge in [-0.1, -0.05) is 50.3 Å². The molecule has 1 aliphatic rings. The first kappa shape index (κ1) is 23.1. The molecule has 2 aromatic carbocycles. The lowest BCUT2D eigenvalue weighted by atomic mass is 9.85. The third kappa shape index (κ3) is 4.39. The van der Waals surface area contributed by atoms with Crippen molar-refractivity contribution in [3.63, 3.8) is 0 Å². The molecule has 0 fully saturated rings. The number of methoxy groups -OCH3 is 1. The molecule has 2 aromatic heterocycles. The second-order valence-corrected chi connectivity index (χ2v) is 9.44. The Bertz CT molecular complexity index is 1370. The molecule has 0 saturated heterocycles. The van der Waals surface area contributed by atoms with Gasteiger partial charge in [0.25, 0.3) is 0 Å². The summed E-state index contributed by atoms with van der Waals surface area (Å²) in [5.74, 6) is 2.37. The van der Waals surface area contributed by atoms with Crippen molar-refractivity contribution >= 4 is 12.2 Å². The van der Waals surface area contributed by atoms with E-state index in [2.05, 4.69) is 36.1 Å². The summed E-state index contributed by atoms with van der Waals surface area (Å²) in [7, 11) is 1.66. The molecule has 4 aromatic rings. The van der Waals surface area contributed by atoms with E-state index in [0.717, 1.165) is 41.2 Å². The normalized spacial score (nSPS) is 17.8. The van der Waals surface area contributed by atoms with Crippen LogP contribution in [-0.4, -0.2) is 36.5 Å². The van der Waals surface area contributed by atoms with Crippen molar-refractivity contribution < 1.29 is 9.84 Å². The molecule has 7 heteroatoms. The van der Waals surface area contributed by atoms with Crippen LogP contribution in [0.3, 0.4) is 0 Å². The quantitative estimate of drug-likeness (QED) is 0.425. The van der Waals surface area contributed by atoms with E-state index in [9.17, 15) is 5.11 Å². The highest BCUT2D eigenvalue weighted by Crippen LogP contribution is 2.37. The fourth-order valence-electron chi connectivity index (χ4n) is 4.64. The molecule has 1 unspecified atom stereocenters. The molecule has 0 saturated carbocycles. The molecule has 1 N–H and O–H groups in total. The molecule has 5 rings (SSSR count). The van der Waals surface area contributed by atoms with Gasteiger partial charge in [0.05, 0.1) is 24.8 Å². The summed E-state index contributed by atoms with van der Waals surface area (Å²) in [6.45, 7) is 7.04. The van der Waals surface area contributed by atoms with E-state index in [-0.39, 0.29) is 0 Å². The average molecular weight is 470 g/mol. The lowest BCUT2D eigenvalue weighted by Gasteiger charge is -2.32. The average Bonchev–Trinajstić information content (AvgIpc) is 3.49. The highest BCUT2D eigenvalue weighted by molar-refractivity contribution is 5.69. The zero-order valence-electron chi connectivity index (χ0n) is 20.6. The molecule has 1 atom stereocenters. The van der Waals surface area contributed by atoms with Crippen molar-refractivity contribution in [1.82, 2.24) is 24.3 Å². The zero-order valence-corrected chi connectivity index (χ0v) is 20.6. The molecule has 3 heterocycles. The first-order valence-electron chi connectivity index (χ1n) is 12.0. The number of fused-ring (bicyclic) bond motifs is 1. The van der Waals surface area contributed by atoms with Gasteiger partial charge in [-0.15, -0.1) is 0 Å². The molecule has 0 aliphatic carbocycles. The lowest BCUT2D eigenvalue weighted by molar-refractivity contribution is 0.0395. The van der Waals surface area contributed by atoms with E-state index in [0.29, 0.717) is 24.0 Å². The van der Waals surface area contributed by atoms with Crippen molar-refractivity contribution in [2.75, 3.05) is 7.11 Å². The fraction of sp³-hybridized carbons (Fsp3) is 0.321. The van der Waals surface area contributed by atoms with Gasteiger partial charge >= 0.3 is 0 Å². The summed E-state index contributed by atoms with van der Waals surface area (Å²) in [5.41, 5.74) is 3.82. The van der Waals surface area contributed by atoms with Crippen LogP contribution in [0.5, 0.6) is 5.75 Å². The number of aromatic nitrogens is 5. The van der Waals surface area contributed by atoms with Gasteiger partial charge in [0.1, 0.15) is 11.4 Å². The first-order chi connectivity index (χ1) is 16.9. The minimum absolute atomic E-state index is 0.446. The van der Waals surface area contributed by atoms with E-state index in [4.69, 9.17) is 9.72 Å². The molecule has 0 amide bonds. The largest absolute Gasteiger partial charge is 0.495 e. The molecule has 180 valence electrons. The Morgan fingerprint density at radius 2 is 1.91 bits per heavy atom. The van der Waals surface area contributed by atoms with Crippen molar-refractivity contribution in [3.05, 3.63) is 89.0 Å². The van der Waals surface area contributed by atoms with Gasteiger partial charge in [0, 0.05) is 12.7 Å². The molecule has 0 bridgehead atoms. The van der Waals surface area contributed by atoms with E-state index < -0.39 is 5.60 Å². The number of ether oxygens (including phenoxy) is 1. The Balaban J connectivity index is 1.42. The monoisotopic (exact) mass is 469 g/mol. The van der Waals surface area contributed by atoms with Gasteiger partial charge < -0.3 is 14.4 Å². The third-order valence-corrected chi connectivity index (χ3v) is 6.64. The van der Waals surface area contributed by atoms with E-state index in [1.165, 1.54) is 5.56 Å². The van der Waals surface area contributed by atoms with Crippen LogP contribution < -0.4 is 4.74 Å². The molecule has 35 heavy (non-hydrogen) atoms. The first-order valence-corrected chi connectivity index (χ1v) is 12.0. The van der Waals surface area contributed by atoms with Crippen LogP contribution in [0.1, 0.15) is 66.6 Å². The number of rotatable bonds is 6. The van der Waals surface area contributed by atoms with Crippen LogP contribution in [0.15, 0.2) is 55.0 Å². The van der Waals surface area contributed by atoms with Gasteiger partial charge in [-0.2, -0.15) is 5.10 Å². The van der Waals surface area contributed by atoms with Crippen LogP contribution in [0.4, 0.5) is 0 Å². The maximum Gasteiger partial charge on any atom is 0.174 e. The van der Waals surface area contributed by atoms with Gasteiger partial charge in [-0.05, 0) is 60.6 Å². The number of imidazole rings is 1. The minimum Gasteiger partial charge on any atom is -0.495 e. The summed E-state index contributed by atoms with van der Waals surface area (Å²) in [6, 6.07) is 14.2. The SMILES string of the molecule is COc1cc(C=Cc2nc3n(n2)CCCC3(O)c2ccc(C(C)C)cc2)ccc1-n1cnc(C)c1. The van der Waals surface area contributed by atoms with Crippen LogP contribution in [-0.2, 0) is 12.1 Å². The number of nitrogens with zero attached hydrogens (tertiary/aromatic N) is 5. The molecular weight excluding hydrogens is 438 g/mol. The third-order valence-electron chi connectivity index (χ3n) is 6.64. The van der Waals surface area contributed by atoms with Crippen molar-refractivity contribution in [1.29, 1.82) is 0 Å². The Kier molecular flexibility index (Phi) is 6.03. The lowest BCUT2D eigenvalue weighted by Crippen LogP contribution is -2.35. The van der Waals surface area contributed by atoms with Crippen LogP contribution in [0, 0.1) is 6.92 Å². The number of benzene rings is 2. The predicted molar refractivity (Wildman–Crippen MR) is 137 cm³/mol. The molecule has 1 aliphatic heterocycles. The van der Waals surface area contributed by atoms with Gasteiger partial charge in [0.15, 0.2) is 11.6 Å². The van der Waals surface area contributed by atoms with Crippen molar-refractivity contribution in [3.8, 4) is 11.4 Å². The minimum atomic E-state index is -1.14. The summed E-state index contributed by atoms with van der Waals surface area (Å²) in [4.78, 5) is 9.03. The van der Waals surface area contributed by atoms with Crippen LogP contribution in [0.25, 0.3) is 17.8 Å². The maximum absolute atomic E-state index is 11.7. The number of hydrogen-bond acceptors (Lipinski definition) is 5. The van der Waals surface area contributed by atoms with Gasteiger partial charge in [-0.25, -0.2) is 14.6 Å². The van der Waals surface area contributed by atoms with Gasteiger partial charge in [0.2, 0.25) is 0 Å².